The predicted molar refractivity (Wildman–Crippen MR) is 82.8 cm³/mol. The number of carbonyl (C=O) groups is 1. The van der Waals surface area contributed by atoms with E-state index in [4.69, 9.17) is 4.74 Å². The maximum absolute atomic E-state index is 12.2. The Hall–Kier alpha value is -1.44. The SMILES string of the molecule is Cc1ccc(S(=O)(=O)NC(C)C(O)C(=O)OC(C)(C)C)cc1. The summed E-state index contributed by atoms with van der Waals surface area (Å²) < 4.78 is 31.7. The Kier molecular flexibility index (Phi) is 5.72. The third-order valence-electron chi connectivity index (χ3n) is 2.79. The highest BCUT2D eigenvalue weighted by molar-refractivity contribution is 7.89. The zero-order valence-corrected chi connectivity index (χ0v) is 14.3. The standard InChI is InChI=1S/C15H23NO5S/c1-10-6-8-12(9-7-10)22(19,20)16-11(2)13(17)14(18)21-15(3,4)5/h6-9,11,13,16-17H,1-5H3. The molecule has 0 bridgehead atoms. The molecule has 1 rings (SSSR count). The second-order valence-electron chi connectivity index (χ2n) is 6.20. The molecule has 0 spiro atoms. The highest BCUT2D eigenvalue weighted by Gasteiger charge is 2.30. The van der Waals surface area contributed by atoms with E-state index >= 15 is 0 Å². The molecule has 0 aliphatic rings. The molecule has 0 saturated carbocycles. The molecular weight excluding hydrogens is 306 g/mol. The molecule has 124 valence electrons. The van der Waals surface area contributed by atoms with Gasteiger partial charge in [-0.05, 0) is 46.8 Å². The normalized spacial score (nSPS) is 15.2. The average molecular weight is 329 g/mol. The van der Waals surface area contributed by atoms with E-state index < -0.39 is 33.7 Å². The molecule has 2 N–H and O–H groups in total. The van der Waals surface area contributed by atoms with Crippen LogP contribution in [0.5, 0.6) is 0 Å². The molecule has 0 saturated heterocycles. The summed E-state index contributed by atoms with van der Waals surface area (Å²) in [6, 6.07) is 5.25. The van der Waals surface area contributed by atoms with Crippen molar-refractivity contribution in [3.8, 4) is 0 Å². The molecule has 0 radical (unpaired) electrons. The number of nitrogens with one attached hydrogen (secondary N) is 1. The van der Waals surface area contributed by atoms with Crippen molar-refractivity contribution < 1.29 is 23.1 Å². The minimum atomic E-state index is -3.82. The largest absolute Gasteiger partial charge is 0.458 e. The lowest BCUT2D eigenvalue weighted by molar-refractivity contribution is -0.166. The second kappa shape index (κ2) is 6.76. The van der Waals surface area contributed by atoms with Crippen LogP contribution in [0.2, 0.25) is 0 Å². The van der Waals surface area contributed by atoms with E-state index in [0.29, 0.717) is 0 Å². The second-order valence-corrected chi connectivity index (χ2v) is 7.92. The van der Waals surface area contributed by atoms with Gasteiger partial charge in [-0.2, -0.15) is 0 Å². The van der Waals surface area contributed by atoms with E-state index in [0.717, 1.165) is 5.56 Å². The van der Waals surface area contributed by atoms with Gasteiger partial charge in [0.2, 0.25) is 10.0 Å². The van der Waals surface area contributed by atoms with E-state index in [-0.39, 0.29) is 4.90 Å². The van der Waals surface area contributed by atoms with Gasteiger partial charge >= 0.3 is 5.97 Å². The van der Waals surface area contributed by atoms with Crippen molar-refractivity contribution in [2.45, 2.75) is 57.3 Å². The van der Waals surface area contributed by atoms with E-state index in [1.807, 2.05) is 6.92 Å². The van der Waals surface area contributed by atoms with Crippen molar-refractivity contribution in [1.82, 2.24) is 4.72 Å². The highest BCUT2D eigenvalue weighted by Crippen LogP contribution is 2.13. The van der Waals surface area contributed by atoms with Crippen LogP contribution in [0.3, 0.4) is 0 Å². The van der Waals surface area contributed by atoms with Gasteiger partial charge in [0.15, 0.2) is 6.10 Å². The molecule has 0 heterocycles. The first-order chi connectivity index (χ1) is 9.92. The van der Waals surface area contributed by atoms with E-state index in [1.54, 1.807) is 32.9 Å². The maximum atomic E-state index is 12.2. The summed E-state index contributed by atoms with van der Waals surface area (Å²) in [4.78, 5) is 11.8. The van der Waals surface area contributed by atoms with E-state index in [2.05, 4.69) is 4.72 Å². The number of aliphatic hydroxyl groups is 1. The monoisotopic (exact) mass is 329 g/mol. The summed E-state index contributed by atoms with van der Waals surface area (Å²) in [7, 11) is -3.82. The van der Waals surface area contributed by atoms with Gasteiger partial charge in [0.25, 0.3) is 0 Å². The molecule has 0 aromatic heterocycles. The molecule has 7 heteroatoms. The molecule has 2 unspecified atom stereocenters. The Balaban J connectivity index is 2.80. The molecule has 1 aromatic carbocycles. The van der Waals surface area contributed by atoms with Crippen LogP contribution in [0.4, 0.5) is 0 Å². The van der Waals surface area contributed by atoms with Gasteiger partial charge in [-0.1, -0.05) is 17.7 Å². The fraction of sp³-hybridized carbons (Fsp3) is 0.533. The topological polar surface area (TPSA) is 92.7 Å². The Bertz CT molecular complexity index is 616. The minimum Gasteiger partial charge on any atom is -0.458 e. The van der Waals surface area contributed by atoms with E-state index in [1.165, 1.54) is 19.1 Å². The van der Waals surface area contributed by atoms with Crippen molar-refractivity contribution in [2.75, 3.05) is 0 Å². The van der Waals surface area contributed by atoms with Crippen molar-refractivity contribution in [3.63, 3.8) is 0 Å². The number of hydrogen-bond acceptors (Lipinski definition) is 5. The third-order valence-corrected chi connectivity index (χ3v) is 4.37. The number of aryl methyl sites for hydroxylation is 1. The molecule has 6 nitrogen and oxygen atoms in total. The van der Waals surface area contributed by atoms with Crippen LogP contribution in [0, 0.1) is 6.92 Å². The summed E-state index contributed by atoms with van der Waals surface area (Å²) in [6.07, 6.45) is -1.58. The average Bonchev–Trinajstić information content (AvgIpc) is 2.35. The molecule has 1 aromatic rings. The molecule has 0 aliphatic carbocycles. The van der Waals surface area contributed by atoms with Gasteiger partial charge in [-0.25, -0.2) is 17.9 Å². The summed E-state index contributed by atoms with van der Waals surface area (Å²) in [5, 5.41) is 9.90. The smallest absolute Gasteiger partial charge is 0.337 e. The van der Waals surface area contributed by atoms with Gasteiger partial charge in [0.05, 0.1) is 10.9 Å². The molecule has 0 amide bonds. The minimum absolute atomic E-state index is 0.0707. The Morgan fingerprint density at radius 1 is 1.23 bits per heavy atom. The molecule has 2 atom stereocenters. The number of sulfonamides is 1. The summed E-state index contributed by atoms with van der Waals surface area (Å²) in [5.74, 6) is -0.869. The number of ether oxygens (including phenoxy) is 1. The number of benzene rings is 1. The van der Waals surface area contributed by atoms with Gasteiger partial charge in [-0.3, -0.25) is 0 Å². The fourth-order valence-corrected chi connectivity index (χ4v) is 2.91. The van der Waals surface area contributed by atoms with Crippen LogP contribution in [-0.4, -0.2) is 37.2 Å². The highest BCUT2D eigenvalue weighted by atomic mass is 32.2. The molecule has 0 fully saturated rings. The van der Waals surface area contributed by atoms with Gasteiger partial charge < -0.3 is 9.84 Å². The van der Waals surface area contributed by atoms with Crippen LogP contribution in [0.1, 0.15) is 33.3 Å². The van der Waals surface area contributed by atoms with Gasteiger partial charge in [-0.15, -0.1) is 0 Å². The number of carbonyl (C=O) groups excluding carboxylic acids is 1. The number of hydrogen-bond donors (Lipinski definition) is 2. The lowest BCUT2D eigenvalue weighted by atomic mass is 10.1. The number of rotatable bonds is 5. The summed E-state index contributed by atoms with van der Waals surface area (Å²) in [6.45, 7) is 8.25. The van der Waals surface area contributed by atoms with Crippen LogP contribution >= 0.6 is 0 Å². The third kappa shape index (κ3) is 5.40. The quantitative estimate of drug-likeness (QED) is 0.796. The Morgan fingerprint density at radius 2 is 1.73 bits per heavy atom. The van der Waals surface area contributed by atoms with Crippen LogP contribution < -0.4 is 4.72 Å². The zero-order valence-electron chi connectivity index (χ0n) is 13.5. The molecule has 0 aliphatic heterocycles. The van der Waals surface area contributed by atoms with Gasteiger partial charge in [0, 0.05) is 0 Å². The number of esters is 1. The Morgan fingerprint density at radius 3 is 2.18 bits per heavy atom. The lowest BCUT2D eigenvalue weighted by Crippen LogP contribution is -2.46. The Labute approximate surface area is 131 Å². The molecule has 22 heavy (non-hydrogen) atoms. The van der Waals surface area contributed by atoms with Crippen molar-refractivity contribution in [3.05, 3.63) is 29.8 Å². The van der Waals surface area contributed by atoms with Gasteiger partial charge in [0.1, 0.15) is 5.60 Å². The first-order valence-corrected chi connectivity index (χ1v) is 8.40. The van der Waals surface area contributed by atoms with Crippen molar-refractivity contribution in [1.29, 1.82) is 0 Å². The maximum Gasteiger partial charge on any atom is 0.337 e. The fourth-order valence-electron chi connectivity index (χ4n) is 1.66. The summed E-state index contributed by atoms with van der Waals surface area (Å²) in [5.41, 5.74) is 0.175. The van der Waals surface area contributed by atoms with Crippen LogP contribution in [0.25, 0.3) is 0 Å². The zero-order chi connectivity index (χ0) is 17.1. The lowest BCUT2D eigenvalue weighted by Gasteiger charge is -2.24. The first kappa shape index (κ1) is 18.6. The van der Waals surface area contributed by atoms with Crippen LogP contribution in [-0.2, 0) is 19.6 Å². The number of aliphatic hydroxyl groups excluding tert-OH is 1. The van der Waals surface area contributed by atoms with Crippen molar-refractivity contribution in [2.24, 2.45) is 0 Å². The van der Waals surface area contributed by atoms with E-state index in [9.17, 15) is 18.3 Å². The molecular formula is C15H23NO5S. The van der Waals surface area contributed by atoms with Crippen molar-refractivity contribution >= 4 is 16.0 Å². The first-order valence-electron chi connectivity index (χ1n) is 6.92. The predicted octanol–water partition coefficient (Wildman–Crippen LogP) is 1.36. The van der Waals surface area contributed by atoms with Crippen LogP contribution in [0.15, 0.2) is 29.2 Å². The summed E-state index contributed by atoms with van der Waals surface area (Å²) >= 11 is 0.